The Hall–Kier alpha value is -1.11. The first-order chi connectivity index (χ1) is 7.25. The lowest BCUT2D eigenvalue weighted by molar-refractivity contribution is -0.125. The maximum absolute atomic E-state index is 11.8. The summed E-state index contributed by atoms with van der Waals surface area (Å²) >= 11 is 0. The number of hydrogen-bond acceptors (Lipinski definition) is 1. The van der Waals surface area contributed by atoms with E-state index < -0.39 is 0 Å². The van der Waals surface area contributed by atoms with Crippen LogP contribution >= 0.6 is 0 Å². The molecule has 0 aromatic heterocycles. The van der Waals surface area contributed by atoms with Crippen LogP contribution in [0.25, 0.3) is 0 Å². The van der Waals surface area contributed by atoms with Gasteiger partial charge in [-0.15, -0.1) is 0 Å². The van der Waals surface area contributed by atoms with Gasteiger partial charge in [-0.25, -0.2) is 0 Å². The lowest BCUT2D eigenvalue weighted by atomic mass is 9.79. The van der Waals surface area contributed by atoms with Gasteiger partial charge in [0.05, 0.1) is 0 Å². The molecule has 80 valence electrons. The Morgan fingerprint density at radius 1 is 1.20 bits per heavy atom. The van der Waals surface area contributed by atoms with Gasteiger partial charge >= 0.3 is 0 Å². The second kappa shape index (κ2) is 4.61. The minimum Gasteiger partial charge on any atom is -0.299 e. The van der Waals surface area contributed by atoms with E-state index in [4.69, 9.17) is 0 Å². The SMILES string of the molecule is C[C@H]1CC[C@H](Cc2ccccc2)C(=O)C1. The lowest BCUT2D eigenvalue weighted by Gasteiger charge is -2.24. The third kappa shape index (κ3) is 2.68. The molecule has 1 aromatic rings. The second-order valence-corrected chi connectivity index (χ2v) is 4.74. The minimum absolute atomic E-state index is 0.281. The largest absolute Gasteiger partial charge is 0.299 e. The van der Waals surface area contributed by atoms with Crippen LogP contribution in [0.4, 0.5) is 0 Å². The van der Waals surface area contributed by atoms with E-state index in [1.54, 1.807) is 0 Å². The summed E-state index contributed by atoms with van der Waals surface area (Å²) in [6.07, 6.45) is 4.02. The smallest absolute Gasteiger partial charge is 0.136 e. The Bertz CT molecular complexity index is 328. The maximum atomic E-state index is 11.8. The zero-order valence-electron chi connectivity index (χ0n) is 9.28. The third-order valence-corrected chi connectivity index (χ3v) is 3.34. The van der Waals surface area contributed by atoms with Crippen LogP contribution in [-0.4, -0.2) is 5.78 Å². The Labute approximate surface area is 91.5 Å². The average Bonchev–Trinajstić information content (AvgIpc) is 2.24. The summed E-state index contributed by atoms with van der Waals surface area (Å²) in [6, 6.07) is 10.3. The van der Waals surface area contributed by atoms with Crippen molar-refractivity contribution in [2.24, 2.45) is 11.8 Å². The lowest BCUT2D eigenvalue weighted by Crippen LogP contribution is -2.25. The van der Waals surface area contributed by atoms with Gasteiger partial charge in [0, 0.05) is 12.3 Å². The van der Waals surface area contributed by atoms with Crippen LogP contribution in [0.2, 0.25) is 0 Å². The molecule has 0 saturated heterocycles. The molecule has 1 fully saturated rings. The Morgan fingerprint density at radius 2 is 1.93 bits per heavy atom. The van der Waals surface area contributed by atoms with Crippen LogP contribution in [0, 0.1) is 11.8 Å². The fourth-order valence-corrected chi connectivity index (χ4v) is 2.37. The molecule has 2 atom stereocenters. The van der Waals surface area contributed by atoms with Gasteiger partial charge < -0.3 is 0 Å². The van der Waals surface area contributed by atoms with E-state index in [2.05, 4.69) is 19.1 Å². The van der Waals surface area contributed by atoms with E-state index in [0.717, 1.165) is 19.3 Å². The summed E-state index contributed by atoms with van der Waals surface area (Å²) in [5, 5.41) is 0. The summed E-state index contributed by atoms with van der Waals surface area (Å²) in [7, 11) is 0. The molecule has 1 aliphatic carbocycles. The van der Waals surface area contributed by atoms with Crippen LogP contribution in [0.5, 0.6) is 0 Å². The van der Waals surface area contributed by atoms with Crippen molar-refractivity contribution >= 4 is 5.78 Å². The van der Waals surface area contributed by atoms with Crippen molar-refractivity contribution in [1.82, 2.24) is 0 Å². The molecular weight excluding hydrogens is 184 g/mol. The number of rotatable bonds is 2. The van der Waals surface area contributed by atoms with Gasteiger partial charge in [0.2, 0.25) is 0 Å². The van der Waals surface area contributed by atoms with Crippen LogP contribution in [-0.2, 0) is 11.2 Å². The van der Waals surface area contributed by atoms with Crippen LogP contribution < -0.4 is 0 Å². The normalized spacial score (nSPS) is 26.6. The van der Waals surface area contributed by atoms with Gasteiger partial charge in [-0.2, -0.15) is 0 Å². The van der Waals surface area contributed by atoms with Crippen molar-refractivity contribution in [2.75, 3.05) is 0 Å². The molecule has 0 aliphatic heterocycles. The van der Waals surface area contributed by atoms with Gasteiger partial charge in [-0.3, -0.25) is 4.79 Å². The fourth-order valence-electron chi connectivity index (χ4n) is 2.37. The summed E-state index contributed by atoms with van der Waals surface area (Å²) in [4.78, 5) is 11.8. The molecular formula is C14H18O. The summed E-state index contributed by atoms with van der Waals surface area (Å²) in [6.45, 7) is 2.18. The summed E-state index contributed by atoms with van der Waals surface area (Å²) < 4.78 is 0. The first-order valence-corrected chi connectivity index (χ1v) is 5.82. The van der Waals surface area contributed by atoms with E-state index in [-0.39, 0.29) is 5.92 Å². The van der Waals surface area contributed by atoms with Gasteiger partial charge in [-0.05, 0) is 30.7 Å². The van der Waals surface area contributed by atoms with Crippen molar-refractivity contribution < 1.29 is 4.79 Å². The second-order valence-electron chi connectivity index (χ2n) is 4.74. The Morgan fingerprint density at radius 3 is 2.60 bits per heavy atom. The fraction of sp³-hybridized carbons (Fsp3) is 0.500. The molecule has 1 aromatic carbocycles. The third-order valence-electron chi connectivity index (χ3n) is 3.34. The predicted octanol–water partition coefficient (Wildman–Crippen LogP) is 3.23. The molecule has 0 unspecified atom stereocenters. The van der Waals surface area contributed by atoms with Crippen molar-refractivity contribution in [1.29, 1.82) is 0 Å². The van der Waals surface area contributed by atoms with E-state index in [9.17, 15) is 4.79 Å². The highest BCUT2D eigenvalue weighted by molar-refractivity contribution is 5.82. The van der Waals surface area contributed by atoms with E-state index >= 15 is 0 Å². The highest BCUT2D eigenvalue weighted by atomic mass is 16.1. The van der Waals surface area contributed by atoms with Crippen molar-refractivity contribution in [3.63, 3.8) is 0 Å². The van der Waals surface area contributed by atoms with Gasteiger partial charge in [0.15, 0.2) is 0 Å². The molecule has 0 N–H and O–H groups in total. The first-order valence-electron chi connectivity index (χ1n) is 5.82. The molecule has 1 aliphatic rings. The van der Waals surface area contributed by atoms with E-state index in [1.807, 2.05) is 18.2 Å². The van der Waals surface area contributed by atoms with Crippen LogP contribution in [0.3, 0.4) is 0 Å². The zero-order valence-corrected chi connectivity index (χ0v) is 9.28. The zero-order chi connectivity index (χ0) is 10.7. The number of carbonyl (C=O) groups is 1. The number of hydrogen-bond donors (Lipinski definition) is 0. The number of Topliss-reactive ketones (excluding diaryl/α,β-unsaturated/α-hetero) is 1. The molecule has 0 amide bonds. The molecule has 2 rings (SSSR count). The van der Waals surface area contributed by atoms with Gasteiger partial charge in [0.25, 0.3) is 0 Å². The Balaban J connectivity index is 1.98. The number of benzene rings is 1. The quantitative estimate of drug-likeness (QED) is 0.719. The predicted molar refractivity (Wildman–Crippen MR) is 61.7 cm³/mol. The standard InChI is InChI=1S/C14H18O/c1-11-7-8-13(14(15)9-11)10-12-5-3-2-4-6-12/h2-6,11,13H,7-10H2,1H3/t11-,13+/m0/s1. The Kier molecular flexibility index (Phi) is 3.20. The molecule has 1 nitrogen and oxygen atoms in total. The van der Waals surface area contributed by atoms with Crippen LogP contribution in [0.1, 0.15) is 31.7 Å². The van der Waals surface area contributed by atoms with E-state index in [1.165, 1.54) is 12.0 Å². The van der Waals surface area contributed by atoms with Crippen molar-refractivity contribution in [3.05, 3.63) is 35.9 Å². The molecule has 1 saturated carbocycles. The molecule has 1 heteroatoms. The number of ketones is 1. The molecule has 0 radical (unpaired) electrons. The highest BCUT2D eigenvalue weighted by Gasteiger charge is 2.25. The minimum atomic E-state index is 0.281. The summed E-state index contributed by atoms with van der Waals surface area (Å²) in [5.41, 5.74) is 1.30. The van der Waals surface area contributed by atoms with Gasteiger partial charge in [0.1, 0.15) is 5.78 Å². The van der Waals surface area contributed by atoms with Crippen LogP contribution in [0.15, 0.2) is 30.3 Å². The monoisotopic (exact) mass is 202 g/mol. The summed E-state index contributed by atoms with van der Waals surface area (Å²) in [5.74, 6) is 1.35. The van der Waals surface area contributed by atoms with E-state index in [0.29, 0.717) is 11.7 Å². The van der Waals surface area contributed by atoms with Gasteiger partial charge in [-0.1, -0.05) is 37.3 Å². The molecule has 15 heavy (non-hydrogen) atoms. The maximum Gasteiger partial charge on any atom is 0.136 e. The molecule has 0 heterocycles. The molecule has 0 spiro atoms. The topological polar surface area (TPSA) is 17.1 Å². The van der Waals surface area contributed by atoms with Crippen molar-refractivity contribution in [3.8, 4) is 0 Å². The number of carbonyl (C=O) groups excluding carboxylic acids is 1. The van der Waals surface area contributed by atoms with Crippen molar-refractivity contribution in [2.45, 2.75) is 32.6 Å². The first kappa shape index (κ1) is 10.4. The average molecular weight is 202 g/mol. The highest BCUT2D eigenvalue weighted by Crippen LogP contribution is 2.27. The molecule has 0 bridgehead atoms.